The average molecular weight is 284 g/mol. The third kappa shape index (κ3) is 4.01. The van der Waals surface area contributed by atoms with E-state index >= 15 is 0 Å². The van der Waals surface area contributed by atoms with Crippen molar-refractivity contribution in [2.24, 2.45) is 0 Å². The molecule has 0 unspecified atom stereocenters. The molecule has 1 aliphatic rings. The summed E-state index contributed by atoms with van der Waals surface area (Å²) in [5.74, 6) is 0.453. The van der Waals surface area contributed by atoms with Gasteiger partial charge >= 0.3 is 0 Å². The quantitative estimate of drug-likeness (QED) is 0.675. The van der Waals surface area contributed by atoms with Gasteiger partial charge in [-0.1, -0.05) is 56.5 Å². The third-order valence-corrected chi connectivity index (χ3v) is 3.81. The summed E-state index contributed by atoms with van der Waals surface area (Å²) in [4.78, 5) is 0. The first kappa shape index (κ1) is 15.4. The van der Waals surface area contributed by atoms with E-state index in [2.05, 4.69) is 13.0 Å². The molecule has 2 N–H and O–H groups in total. The molecule has 2 rings (SSSR count). The zero-order valence-corrected chi connectivity index (χ0v) is 12.7. The van der Waals surface area contributed by atoms with Gasteiger partial charge in [-0.2, -0.15) is 0 Å². The maximum Gasteiger partial charge on any atom is 0.123 e. The van der Waals surface area contributed by atoms with Crippen molar-refractivity contribution in [3.05, 3.63) is 59.4 Å². The van der Waals surface area contributed by atoms with Gasteiger partial charge in [0.1, 0.15) is 11.5 Å². The second-order valence-electron chi connectivity index (χ2n) is 5.46. The summed E-state index contributed by atoms with van der Waals surface area (Å²) in [7, 11) is 0. The van der Waals surface area contributed by atoms with E-state index in [9.17, 15) is 10.2 Å². The van der Waals surface area contributed by atoms with Gasteiger partial charge in [0.2, 0.25) is 0 Å². The van der Waals surface area contributed by atoms with Crippen molar-refractivity contribution in [2.75, 3.05) is 0 Å². The average Bonchev–Trinajstić information content (AvgIpc) is 2.48. The van der Waals surface area contributed by atoms with E-state index in [1.807, 2.05) is 18.2 Å². The van der Waals surface area contributed by atoms with Crippen molar-refractivity contribution >= 4 is 5.57 Å². The van der Waals surface area contributed by atoms with Crippen LogP contribution in [0.25, 0.3) is 5.57 Å². The summed E-state index contributed by atoms with van der Waals surface area (Å²) in [6, 6.07) is 7.19. The van der Waals surface area contributed by atoms with Crippen LogP contribution < -0.4 is 0 Å². The molecule has 0 bridgehead atoms. The molecule has 0 saturated heterocycles. The van der Waals surface area contributed by atoms with Crippen LogP contribution in [-0.2, 0) is 0 Å². The van der Waals surface area contributed by atoms with E-state index in [-0.39, 0.29) is 11.5 Å². The standard InChI is InChI=1S/C19H24O2/c1-2-3-4-5-6-10-15-11-9-14-18(21)19(15)16-12-7-8-13-17(16)20/h7-10,12-14,20-21H,2-6,11H2,1H3. The molecule has 0 aliphatic heterocycles. The first-order valence-electron chi connectivity index (χ1n) is 7.81. The Morgan fingerprint density at radius 2 is 1.90 bits per heavy atom. The van der Waals surface area contributed by atoms with E-state index < -0.39 is 0 Å². The lowest BCUT2D eigenvalue weighted by atomic mass is 9.89. The second kappa shape index (κ2) is 7.72. The van der Waals surface area contributed by atoms with Crippen molar-refractivity contribution in [2.45, 2.75) is 45.4 Å². The predicted molar refractivity (Wildman–Crippen MR) is 88.3 cm³/mol. The fraction of sp³-hybridized carbons (Fsp3) is 0.368. The van der Waals surface area contributed by atoms with Gasteiger partial charge in [-0.3, -0.25) is 0 Å². The topological polar surface area (TPSA) is 40.5 Å². The Balaban J connectivity index is 2.20. The molecule has 0 spiro atoms. The SMILES string of the molecule is CCCCCCC=C1CC=CC(O)=C1c1ccccc1O. The molecule has 1 aliphatic carbocycles. The number of aliphatic hydroxyl groups excluding tert-OH is 1. The van der Waals surface area contributed by atoms with Crippen LogP contribution in [0.2, 0.25) is 0 Å². The van der Waals surface area contributed by atoms with Crippen LogP contribution in [0, 0.1) is 0 Å². The highest BCUT2D eigenvalue weighted by Crippen LogP contribution is 2.36. The smallest absolute Gasteiger partial charge is 0.123 e. The van der Waals surface area contributed by atoms with Crippen molar-refractivity contribution < 1.29 is 10.2 Å². The number of aromatic hydroxyl groups is 1. The molecule has 0 fully saturated rings. The van der Waals surface area contributed by atoms with Crippen molar-refractivity contribution in [1.29, 1.82) is 0 Å². The minimum absolute atomic E-state index is 0.214. The Kier molecular flexibility index (Phi) is 5.68. The summed E-state index contributed by atoms with van der Waals surface area (Å²) < 4.78 is 0. The minimum Gasteiger partial charge on any atom is -0.507 e. The fourth-order valence-electron chi connectivity index (χ4n) is 2.68. The largest absolute Gasteiger partial charge is 0.507 e. The van der Waals surface area contributed by atoms with E-state index in [1.165, 1.54) is 25.7 Å². The minimum atomic E-state index is 0.214. The highest BCUT2D eigenvalue weighted by atomic mass is 16.3. The van der Waals surface area contributed by atoms with E-state index in [1.54, 1.807) is 18.2 Å². The number of phenols is 1. The van der Waals surface area contributed by atoms with E-state index in [0.29, 0.717) is 5.56 Å². The van der Waals surface area contributed by atoms with Crippen molar-refractivity contribution in [3.8, 4) is 5.75 Å². The number of unbranched alkanes of at least 4 members (excludes halogenated alkanes) is 4. The number of phenolic OH excluding ortho intramolecular Hbond substituents is 1. The molecule has 112 valence electrons. The van der Waals surface area contributed by atoms with E-state index in [4.69, 9.17) is 0 Å². The maximum atomic E-state index is 10.2. The lowest BCUT2D eigenvalue weighted by Gasteiger charge is -2.17. The van der Waals surface area contributed by atoms with Gasteiger partial charge in [0.15, 0.2) is 0 Å². The molecule has 0 amide bonds. The van der Waals surface area contributed by atoms with Crippen LogP contribution >= 0.6 is 0 Å². The maximum absolute atomic E-state index is 10.2. The van der Waals surface area contributed by atoms with Gasteiger partial charge in [0, 0.05) is 11.1 Å². The molecule has 2 nitrogen and oxygen atoms in total. The van der Waals surface area contributed by atoms with Crippen LogP contribution in [0.3, 0.4) is 0 Å². The summed E-state index contributed by atoms with van der Waals surface area (Å²) in [5.41, 5.74) is 2.58. The Labute approximate surface area is 127 Å². The highest BCUT2D eigenvalue weighted by Gasteiger charge is 2.17. The van der Waals surface area contributed by atoms with Gasteiger partial charge in [-0.15, -0.1) is 0 Å². The summed E-state index contributed by atoms with van der Waals surface area (Å²) in [6.45, 7) is 2.21. The lowest BCUT2D eigenvalue weighted by molar-refractivity contribution is 0.432. The van der Waals surface area contributed by atoms with Gasteiger partial charge in [0.25, 0.3) is 0 Å². The fourth-order valence-corrected chi connectivity index (χ4v) is 2.68. The number of hydrogen-bond acceptors (Lipinski definition) is 2. The molecular weight excluding hydrogens is 260 g/mol. The van der Waals surface area contributed by atoms with Crippen LogP contribution in [-0.4, -0.2) is 10.2 Å². The Morgan fingerprint density at radius 3 is 2.67 bits per heavy atom. The number of aliphatic hydroxyl groups is 1. The molecular formula is C19H24O2. The third-order valence-electron chi connectivity index (χ3n) is 3.81. The van der Waals surface area contributed by atoms with Crippen LogP contribution in [0.1, 0.15) is 51.0 Å². The highest BCUT2D eigenvalue weighted by molar-refractivity contribution is 5.85. The molecule has 0 radical (unpaired) electrons. The first-order chi connectivity index (χ1) is 10.2. The molecule has 0 aromatic heterocycles. The zero-order chi connectivity index (χ0) is 15.1. The summed E-state index contributed by atoms with van der Waals surface area (Å²) >= 11 is 0. The van der Waals surface area contributed by atoms with Crippen molar-refractivity contribution in [3.63, 3.8) is 0 Å². The molecule has 1 aromatic carbocycles. The number of allylic oxidation sites excluding steroid dienone is 5. The van der Waals surface area contributed by atoms with Crippen LogP contribution in [0.5, 0.6) is 5.75 Å². The first-order valence-corrected chi connectivity index (χ1v) is 7.81. The Morgan fingerprint density at radius 1 is 1.10 bits per heavy atom. The van der Waals surface area contributed by atoms with E-state index in [0.717, 1.165) is 24.0 Å². The Bertz CT molecular complexity index is 565. The van der Waals surface area contributed by atoms with Gasteiger partial charge < -0.3 is 10.2 Å². The van der Waals surface area contributed by atoms with Gasteiger partial charge in [-0.25, -0.2) is 0 Å². The molecule has 21 heavy (non-hydrogen) atoms. The zero-order valence-electron chi connectivity index (χ0n) is 12.7. The molecule has 0 heterocycles. The summed E-state index contributed by atoms with van der Waals surface area (Å²) in [6.07, 6.45) is 12.7. The second-order valence-corrected chi connectivity index (χ2v) is 5.46. The lowest BCUT2D eigenvalue weighted by Crippen LogP contribution is -1.99. The van der Waals surface area contributed by atoms with Crippen LogP contribution in [0.4, 0.5) is 0 Å². The van der Waals surface area contributed by atoms with Gasteiger partial charge in [0.05, 0.1) is 0 Å². The molecule has 0 saturated carbocycles. The summed E-state index contributed by atoms with van der Waals surface area (Å²) in [5, 5.41) is 20.2. The monoisotopic (exact) mass is 284 g/mol. The molecule has 2 heteroatoms. The molecule has 1 aromatic rings. The number of benzene rings is 1. The predicted octanol–water partition coefficient (Wildman–Crippen LogP) is 5.52. The normalized spacial score (nSPS) is 16.7. The Hall–Kier alpha value is -1.96. The number of rotatable bonds is 6. The van der Waals surface area contributed by atoms with Crippen molar-refractivity contribution in [1.82, 2.24) is 0 Å². The number of para-hydroxylation sites is 1. The van der Waals surface area contributed by atoms with Gasteiger partial charge in [-0.05, 0) is 37.0 Å². The van der Waals surface area contributed by atoms with Crippen LogP contribution in [0.15, 0.2) is 53.8 Å². The molecule has 0 atom stereocenters. The number of hydrogen-bond donors (Lipinski definition) is 2.